The second-order valence-electron chi connectivity index (χ2n) is 5.00. The molecule has 2 aliphatic rings. The normalized spacial score (nSPS) is 19.5. The van der Waals surface area contributed by atoms with Gasteiger partial charge in [-0.2, -0.15) is 0 Å². The molecule has 0 atom stereocenters. The van der Waals surface area contributed by atoms with Gasteiger partial charge in [0, 0.05) is 19.0 Å². The van der Waals surface area contributed by atoms with E-state index in [1.807, 2.05) is 0 Å². The van der Waals surface area contributed by atoms with E-state index in [1.54, 1.807) is 11.3 Å². The van der Waals surface area contributed by atoms with Crippen molar-refractivity contribution in [1.29, 1.82) is 0 Å². The first kappa shape index (κ1) is 12.5. The molecule has 4 rings (SSSR count). The molecule has 0 radical (unpaired) electrons. The number of hydrogen-bond acceptors (Lipinski definition) is 7. The zero-order valence-corrected chi connectivity index (χ0v) is 12.4. The third-order valence-corrected chi connectivity index (χ3v) is 4.81. The topological polar surface area (TPSA) is 67.2 Å². The second-order valence-corrected chi connectivity index (χ2v) is 6.35. The molecule has 0 amide bonds. The summed E-state index contributed by atoms with van der Waals surface area (Å²) in [4.78, 5) is 8.41. The van der Waals surface area contributed by atoms with E-state index in [2.05, 4.69) is 15.1 Å². The lowest BCUT2D eigenvalue weighted by Crippen LogP contribution is -2.36. The quantitative estimate of drug-likeness (QED) is 0.879. The van der Waals surface area contributed by atoms with Crippen LogP contribution in [0.2, 0.25) is 0 Å². The highest BCUT2D eigenvalue weighted by atomic mass is 32.1. The molecule has 0 bridgehead atoms. The highest BCUT2D eigenvalue weighted by molar-refractivity contribution is 7.71. The van der Waals surface area contributed by atoms with Crippen molar-refractivity contribution in [3.8, 4) is 10.8 Å². The Kier molecular flexibility index (Phi) is 3.08. The summed E-state index contributed by atoms with van der Waals surface area (Å²) >= 11 is 6.60. The van der Waals surface area contributed by atoms with Crippen LogP contribution in [0, 0.1) is 4.84 Å². The predicted octanol–water partition coefficient (Wildman–Crippen LogP) is 2.57. The predicted molar refractivity (Wildman–Crippen MR) is 77.8 cm³/mol. The molecule has 0 spiro atoms. The maximum absolute atomic E-state index is 5.46. The Hall–Kier alpha value is -1.25. The molecule has 1 aliphatic carbocycles. The Balaban J connectivity index is 1.73. The van der Waals surface area contributed by atoms with E-state index in [1.165, 1.54) is 12.8 Å². The van der Waals surface area contributed by atoms with Gasteiger partial charge in [-0.1, -0.05) is 11.3 Å². The van der Waals surface area contributed by atoms with Gasteiger partial charge in [0.1, 0.15) is 4.88 Å². The molecule has 1 N–H and O–H groups in total. The number of H-pyrrole nitrogens is 1. The van der Waals surface area contributed by atoms with Gasteiger partial charge in [0.15, 0.2) is 5.13 Å². The number of morpholine rings is 1. The molecule has 3 heterocycles. The van der Waals surface area contributed by atoms with E-state index < -0.39 is 0 Å². The Labute approximate surface area is 124 Å². The molecule has 8 heteroatoms. The van der Waals surface area contributed by atoms with E-state index in [4.69, 9.17) is 26.4 Å². The third kappa shape index (κ3) is 2.27. The van der Waals surface area contributed by atoms with Crippen LogP contribution in [0.1, 0.15) is 24.5 Å². The Morgan fingerprint density at radius 2 is 2.10 bits per heavy atom. The summed E-state index contributed by atoms with van der Waals surface area (Å²) in [5.74, 6) is 1.12. The minimum absolute atomic E-state index is 0.308. The van der Waals surface area contributed by atoms with Crippen molar-refractivity contribution in [3.63, 3.8) is 0 Å². The first-order valence-corrected chi connectivity index (χ1v) is 7.93. The van der Waals surface area contributed by atoms with Crippen LogP contribution in [0.15, 0.2) is 4.42 Å². The lowest BCUT2D eigenvalue weighted by atomic mass is 10.2. The van der Waals surface area contributed by atoms with Crippen molar-refractivity contribution >= 4 is 28.7 Å². The molecular weight excluding hydrogens is 296 g/mol. The highest BCUT2D eigenvalue weighted by Crippen LogP contribution is 2.47. The van der Waals surface area contributed by atoms with Crippen LogP contribution in [0.3, 0.4) is 0 Å². The van der Waals surface area contributed by atoms with Crippen molar-refractivity contribution in [3.05, 3.63) is 10.5 Å². The molecule has 6 nitrogen and oxygen atoms in total. The maximum atomic E-state index is 5.46. The Morgan fingerprint density at radius 1 is 1.30 bits per heavy atom. The summed E-state index contributed by atoms with van der Waals surface area (Å²) in [6.45, 7) is 3.30. The van der Waals surface area contributed by atoms with Crippen LogP contribution >= 0.6 is 23.6 Å². The first-order valence-electron chi connectivity index (χ1n) is 6.70. The zero-order valence-electron chi connectivity index (χ0n) is 10.8. The van der Waals surface area contributed by atoms with Gasteiger partial charge in [-0.15, -0.1) is 5.10 Å². The third-order valence-electron chi connectivity index (χ3n) is 3.52. The van der Waals surface area contributed by atoms with Crippen LogP contribution in [-0.2, 0) is 4.74 Å². The van der Waals surface area contributed by atoms with Crippen molar-refractivity contribution in [1.82, 2.24) is 15.2 Å². The lowest BCUT2D eigenvalue weighted by Gasteiger charge is -2.26. The van der Waals surface area contributed by atoms with Gasteiger partial charge in [0.05, 0.1) is 18.9 Å². The van der Waals surface area contributed by atoms with Crippen molar-refractivity contribution < 1.29 is 9.15 Å². The molecule has 106 valence electrons. The van der Waals surface area contributed by atoms with Crippen molar-refractivity contribution in [2.24, 2.45) is 0 Å². The minimum atomic E-state index is 0.308. The molecular formula is C12H14N4O2S2. The summed E-state index contributed by atoms with van der Waals surface area (Å²) in [6.07, 6.45) is 2.40. The average molecular weight is 310 g/mol. The van der Waals surface area contributed by atoms with Crippen LogP contribution in [0.25, 0.3) is 10.8 Å². The van der Waals surface area contributed by atoms with E-state index in [-0.39, 0.29) is 0 Å². The number of aromatic amines is 1. The fraction of sp³-hybridized carbons (Fsp3) is 0.583. The Morgan fingerprint density at radius 3 is 2.75 bits per heavy atom. The summed E-state index contributed by atoms with van der Waals surface area (Å²) in [5, 5.41) is 7.87. The van der Waals surface area contributed by atoms with Crippen LogP contribution < -0.4 is 4.90 Å². The number of nitrogens with one attached hydrogen (secondary N) is 1. The number of aromatic nitrogens is 3. The second kappa shape index (κ2) is 4.94. The zero-order chi connectivity index (χ0) is 13.5. The summed E-state index contributed by atoms with van der Waals surface area (Å²) in [5.41, 5.74) is 1.11. The fourth-order valence-electron chi connectivity index (χ4n) is 2.32. The molecule has 2 aromatic heterocycles. The van der Waals surface area contributed by atoms with E-state index in [0.29, 0.717) is 16.6 Å². The van der Waals surface area contributed by atoms with E-state index >= 15 is 0 Å². The molecule has 1 saturated carbocycles. The first-order chi connectivity index (χ1) is 9.81. The molecule has 20 heavy (non-hydrogen) atoms. The van der Waals surface area contributed by atoms with Crippen LogP contribution in [-0.4, -0.2) is 41.5 Å². The van der Waals surface area contributed by atoms with Crippen LogP contribution in [0.4, 0.5) is 5.13 Å². The standard InChI is InChI=1S/C12H14N4O2S2/c19-12-15-14-10(18-12)9-8(7-1-2-7)13-11(20-9)16-3-5-17-6-4-16/h7H,1-6H2,(H,15,19). The van der Waals surface area contributed by atoms with Crippen molar-refractivity contribution in [2.75, 3.05) is 31.2 Å². The fourth-order valence-corrected chi connectivity index (χ4v) is 3.58. The number of thiazole rings is 1. The van der Waals surface area contributed by atoms with Crippen LogP contribution in [0.5, 0.6) is 0 Å². The molecule has 1 saturated heterocycles. The Bertz CT molecular complexity index is 667. The molecule has 0 aromatic carbocycles. The number of ether oxygens (including phenoxy) is 1. The van der Waals surface area contributed by atoms with Gasteiger partial charge >= 0.3 is 0 Å². The van der Waals surface area contributed by atoms with Gasteiger partial charge < -0.3 is 14.1 Å². The number of anilines is 1. The maximum Gasteiger partial charge on any atom is 0.284 e. The van der Waals surface area contributed by atoms with Gasteiger partial charge in [0.2, 0.25) is 0 Å². The van der Waals surface area contributed by atoms with Gasteiger partial charge in [-0.05, 0) is 25.1 Å². The molecule has 1 aliphatic heterocycles. The monoisotopic (exact) mass is 310 g/mol. The minimum Gasteiger partial charge on any atom is -0.408 e. The van der Waals surface area contributed by atoms with E-state index in [0.717, 1.165) is 42.0 Å². The smallest absolute Gasteiger partial charge is 0.284 e. The highest BCUT2D eigenvalue weighted by Gasteiger charge is 2.32. The number of rotatable bonds is 3. The largest absolute Gasteiger partial charge is 0.408 e. The number of nitrogens with zero attached hydrogens (tertiary/aromatic N) is 3. The summed E-state index contributed by atoms with van der Waals surface area (Å²) in [7, 11) is 0. The van der Waals surface area contributed by atoms with E-state index in [9.17, 15) is 0 Å². The van der Waals surface area contributed by atoms with Gasteiger partial charge in [-0.3, -0.25) is 0 Å². The van der Waals surface area contributed by atoms with Crippen molar-refractivity contribution in [2.45, 2.75) is 18.8 Å². The van der Waals surface area contributed by atoms with Gasteiger partial charge in [0.25, 0.3) is 10.7 Å². The molecule has 2 aromatic rings. The summed E-state index contributed by atoms with van der Waals surface area (Å²) in [6, 6.07) is 0. The lowest BCUT2D eigenvalue weighted by molar-refractivity contribution is 0.122. The molecule has 2 fully saturated rings. The van der Waals surface area contributed by atoms with Gasteiger partial charge in [-0.25, -0.2) is 10.1 Å². The SMILES string of the molecule is S=c1[nH]nc(-c2sc(N3CCOCC3)nc2C2CC2)o1. The molecule has 0 unspecified atom stereocenters. The number of hydrogen-bond donors (Lipinski definition) is 1. The summed E-state index contributed by atoms with van der Waals surface area (Å²) < 4.78 is 10.9. The average Bonchev–Trinajstić information content (AvgIpc) is 3.08.